The molecule has 0 N–H and O–H groups in total. The first kappa shape index (κ1) is 10.9. The van der Waals surface area contributed by atoms with Crippen LogP contribution in [0.15, 0.2) is 29.9 Å². The molecule has 2 heterocycles. The summed E-state index contributed by atoms with van der Waals surface area (Å²) in [5, 5.41) is 2.01. The lowest BCUT2D eigenvalue weighted by Gasteiger charge is -2.05. The fourth-order valence-corrected chi connectivity index (χ4v) is 2.17. The standard InChI is InChI=1S/C11H12N2O2S/c1-15-10(14)4-6-13-7-5-12-11(13)9-3-2-8-16-9/h2-3,5,7-8H,4,6H2,1H3. The van der Waals surface area contributed by atoms with Crippen LogP contribution in [0.25, 0.3) is 10.7 Å². The normalized spacial score (nSPS) is 10.3. The van der Waals surface area contributed by atoms with E-state index in [-0.39, 0.29) is 5.97 Å². The molecular formula is C11H12N2O2S. The number of esters is 1. The van der Waals surface area contributed by atoms with Crippen molar-refractivity contribution in [1.82, 2.24) is 9.55 Å². The first-order valence-electron chi connectivity index (χ1n) is 4.93. The summed E-state index contributed by atoms with van der Waals surface area (Å²) in [4.78, 5) is 16.4. The van der Waals surface area contributed by atoms with Crippen molar-refractivity contribution in [2.45, 2.75) is 13.0 Å². The number of hydrogen-bond acceptors (Lipinski definition) is 4. The summed E-state index contributed by atoms with van der Waals surface area (Å²) in [6.07, 6.45) is 3.98. The fraction of sp³-hybridized carbons (Fsp3) is 0.273. The molecule has 5 heteroatoms. The molecule has 0 saturated carbocycles. The van der Waals surface area contributed by atoms with Crippen LogP contribution in [0, 0.1) is 0 Å². The molecule has 0 bridgehead atoms. The van der Waals surface area contributed by atoms with Gasteiger partial charge in [-0.2, -0.15) is 0 Å². The van der Waals surface area contributed by atoms with Crippen LogP contribution in [0.2, 0.25) is 0 Å². The number of ether oxygens (including phenoxy) is 1. The number of carbonyl (C=O) groups is 1. The first-order valence-corrected chi connectivity index (χ1v) is 5.81. The molecule has 2 rings (SSSR count). The van der Waals surface area contributed by atoms with E-state index in [9.17, 15) is 4.79 Å². The number of imidazole rings is 1. The second-order valence-electron chi connectivity index (χ2n) is 3.25. The second-order valence-corrected chi connectivity index (χ2v) is 4.20. The maximum atomic E-state index is 11.1. The van der Waals surface area contributed by atoms with Crippen LogP contribution >= 0.6 is 11.3 Å². The van der Waals surface area contributed by atoms with E-state index in [4.69, 9.17) is 0 Å². The maximum Gasteiger partial charge on any atom is 0.307 e. The Bertz CT molecular complexity index is 462. The number of aryl methyl sites for hydroxylation is 1. The third-order valence-electron chi connectivity index (χ3n) is 2.24. The molecular weight excluding hydrogens is 224 g/mol. The van der Waals surface area contributed by atoms with Crippen molar-refractivity contribution >= 4 is 17.3 Å². The van der Waals surface area contributed by atoms with Gasteiger partial charge in [0.2, 0.25) is 0 Å². The minimum Gasteiger partial charge on any atom is -0.469 e. The maximum absolute atomic E-state index is 11.1. The van der Waals surface area contributed by atoms with E-state index in [1.54, 1.807) is 17.5 Å². The van der Waals surface area contributed by atoms with E-state index in [2.05, 4.69) is 9.72 Å². The average Bonchev–Trinajstić information content (AvgIpc) is 2.95. The molecule has 2 aromatic heterocycles. The van der Waals surface area contributed by atoms with E-state index in [0.717, 1.165) is 10.7 Å². The van der Waals surface area contributed by atoms with Gasteiger partial charge in [-0.3, -0.25) is 4.79 Å². The summed E-state index contributed by atoms with van der Waals surface area (Å²) in [7, 11) is 1.40. The third kappa shape index (κ3) is 2.30. The number of thiophene rings is 1. The Morgan fingerprint density at radius 3 is 3.19 bits per heavy atom. The summed E-state index contributed by atoms with van der Waals surface area (Å²) in [5.41, 5.74) is 0. The van der Waals surface area contributed by atoms with E-state index in [1.807, 2.05) is 28.3 Å². The van der Waals surface area contributed by atoms with Crippen molar-refractivity contribution in [3.05, 3.63) is 29.9 Å². The number of methoxy groups -OCH3 is 1. The quantitative estimate of drug-likeness (QED) is 0.764. The SMILES string of the molecule is COC(=O)CCn1ccnc1-c1cccs1. The molecule has 84 valence electrons. The highest BCUT2D eigenvalue weighted by atomic mass is 32.1. The van der Waals surface area contributed by atoms with Crippen molar-refractivity contribution in [3.63, 3.8) is 0 Å². The average molecular weight is 236 g/mol. The van der Waals surface area contributed by atoms with Crippen LogP contribution < -0.4 is 0 Å². The molecule has 0 aliphatic carbocycles. The van der Waals surface area contributed by atoms with Gasteiger partial charge in [0, 0.05) is 18.9 Å². The van der Waals surface area contributed by atoms with Gasteiger partial charge in [-0.15, -0.1) is 11.3 Å². The summed E-state index contributed by atoms with van der Waals surface area (Å²) >= 11 is 1.64. The molecule has 0 aliphatic heterocycles. The Balaban J connectivity index is 2.11. The Kier molecular flexibility index (Phi) is 3.36. The van der Waals surface area contributed by atoms with Crippen molar-refractivity contribution in [2.75, 3.05) is 7.11 Å². The van der Waals surface area contributed by atoms with Gasteiger partial charge in [0.25, 0.3) is 0 Å². The summed E-state index contributed by atoms with van der Waals surface area (Å²) < 4.78 is 6.57. The van der Waals surface area contributed by atoms with Crippen molar-refractivity contribution < 1.29 is 9.53 Å². The molecule has 0 radical (unpaired) electrons. The monoisotopic (exact) mass is 236 g/mol. The highest BCUT2D eigenvalue weighted by Gasteiger charge is 2.08. The van der Waals surface area contributed by atoms with E-state index in [0.29, 0.717) is 13.0 Å². The number of nitrogens with zero attached hydrogens (tertiary/aromatic N) is 2. The molecule has 0 fully saturated rings. The summed E-state index contributed by atoms with van der Waals surface area (Å²) in [6.45, 7) is 0.597. The van der Waals surface area contributed by atoms with Crippen molar-refractivity contribution in [3.8, 4) is 10.7 Å². The lowest BCUT2D eigenvalue weighted by atomic mass is 10.4. The minimum absolute atomic E-state index is 0.203. The van der Waals surface area contributed by atoms with Crippen LogP contribution in [-0.4, -0.2) is 22.6 Å². The van der Waals surface area contributed by atoms with Crippen LogP contribution in [0.1, 0.15) is 6.42 Å². The van der Waals surface area contributed by atoms with Crippen molar-refractivity contribution in [2.24, 2.45) is 0 Å². The molecule has 0 saturated heterocycles. The second kappa shape index (κ2) is 4.94. The number of hydrogen-bond donors (Lipinski definition) is 0. The van der Waals surface area contributed by atoms with E-state index < -0.39 is 0 Å². The Morgan fingerprint density at radius 2 is 2.50 bits per heavy atom. The van der Waals surface area contributed by atoms with E-state index >= 15 is 0 Å². The van der Waals surface area contributed by atoms with E-state index in [1.165, 1.54) is 7.11 Å². The molecule has 16 heavy (non-hydrogen) atoms. The van der Waals surface area contributed by atoms with Crippen LogP contribution in [0.5, 0.6) is 0 Å². The van der Waals surface area contributed by atoms with Gasteiger partial charge in [-0.05, 0) is 11.4 Å². The largest absolute Gasteiger partial charge is 0.469 e. The number of aromatic nitrogens is 2. The van der Waals surface area contributed by atoms with Gasteiger partial charge < -0.3 is 9.30 Å². The molecule has 4 nitrogen and oxygen atoms in total. The summed E-state index contributed by atoms with van der Waals surface area (Å²) in [5.74, 6) is 0.699. The smallest absolute Gasteiger partial charge is 0.307 e. The Labute approximate surface area is 97.5 Å². The van der Waals surface area contributed by atoms with Crippen LogP contribution in [0.3, 0.4) is 0 Å². The number of carbonyl (C=O) groups excluding carboxylic acids is 1. The zero-order valence-electron chi connectivity index (χ0n) is 8.92. The predicted octanol–water partition coefficient (Wildman–Crippen LogP) is 2.17. The highest BCUT2D eigenvalue weighted by molar-refractivity contribution is 7.13. The van der Waals surface area contributed by atoms with Gasteiger partial charge in [0.15, 0.2) is 0 Å². The van der Waals surface area contributed by atoms with Gasteiger partial charge in [0.1, 0.15) is 5.82 Å². The molecule has 0 atom stereocenters. The fourth-order valence-electron chi connectivity index (χ4n) is 1.43. The zero-order chi connectivity index (χ0) is 11.4. The Hall–Kier alpha value is -1.62. The minimum atomic E-state index is -0.203. The Morgan fingerprint density at radius 1 is 1.62 bits per heavy atom. The molecule has 0 amide bonds. The molecule has 0 aliphatic rings. The van der Waals surface area contributed by atoms with Gasteiger partial charge >= 0.3 is 5.97 Å². The number of rotatable bonds is 4. The highest BCUT2D eigenvalue weighted by Crippen LogP contribution is 2.22. The lowest BCUT2D eigenvalue weighted by molar-refractivity contribution is -0.140. The molecule has 0 unspecified atom stereocenters. The van der Waals surface area contributed by atoms with Crippen LogP contribution in [-0.2, 0) is 16.1 Å². The van der Waals surface area contributed by atoms with Gasteiger partial charge in [-0.1, -0.05) is 6.07 Å². The first-order chi connectivity index (χ1) is 7.81. The molecule has 0 aromatic carbocycles. The lowest BCUT2D eigenvalue weighted by Crippen LogP contribution is -2.07. The van der Waals surface area contributed by atoms with Gasteiger partial charge in [-0.25, -0.2) is 4.98 Å². The molecule has 2 aromatic rings. The van der Waals surface area contributed by atoms with Gasteiger partial charge in [0.05, 0.1) is 18.4 Å². The molecule has 0 spiro atoms. The van der Waals surface area contributed by atoms with Crippen LogP contribution in [0.4, 0.5) is 0 Å². The van der Waals surface area contributed by atoms with Crippen molar-refractivity contribution in [1.29, 1.82) is 0 Å². The summed E-state index contributed by atoms with van der Waals surface area (Å²) in [6, 6.07) is 4.00. The topological polar surface area (TPSA) is 44.1 Å². The predicted molar refractivity (Wildman–Crippen MR) is 62.2 cm³/mol. The zero-order valence-corrected chi connectivity index (χ0v) is 9.74. The third-order valence-corrected chi connectivity index (χ3v) is 3.11.